The Morgan fingerprint density at radius 3 is 2.72 bits per heavy atom. The van der Waals surface area contributed by atoms with E-state index >= 15 is 0 Å². The van der Waals surface area contributed by atoms with Crippen molar-refractivity contribution in [2.24, 2.45) is 0 Å². The van der Waals surface area contributed by atoms with E-state index in [1.807, 2.05) is 0 Å². The molecule has 0 bridgehead atoms. The molecule has 0 spiro atoms. The third-order valence-electron chi connectivity index (χ3n) is 2.60. The Morgan fingerprint density at radius 2 is 2.22 bits per heavy atom. The fraction of sp³-hybridized carbons (Fsp3) is 0.417. The first-order chi connectivity index (χ1) is 8.49. The van der Waals surface area contributed by atoms with Gasteiger partial charge in [0.1, 0.15) is 16.4 Å². The lowest BCUT2D eigenvalue weighted by molar-refractivity contribution is 0.0690. The van der Waals surface area contributed by atoms with Crippen LogP contribution in [0.3, 0.4) is 0 Å². The lowest BCUT2D eigenvalue weighted by Crippen LogP contribution is -2.09. The molecule has 2 rings (SSSR count). The lowest BCUT2D eigenvalue weighted by atomic mass is 10.2. The minimum atomic E-state index is -1.00. The van der Waals surface area contributed by atoms with E-state index in [0.717, 1.165) is 18.7 Å². The number of hydrogen-bond donors (Lipinski definition) is 1. The summed E-state index contributed by atoms with van der Waals surface area (Å²) in [4.78, 5) is 19.9. The average molecular weight is 285 g/mol. The maximum Gasteiger partial charge on any atom is 0.340 e. The smallest absolute Gasteiger partial charge is 0.340 e. The second-order valence-corrected chi connectivity index (χ2v) is 5.73. The van der Waals surface area contributed by atoms with Crippen molar-refractivity contribution in [1.82, 2.24) is 9.97 Å². The molecule has 1 saturated carbocycles. The van der Waals surface area contributed by atoms with Crippen LogP contribution < -0.4 is 0 Å². The third kappa shape index (κ3) is 3.03. The zero-order chi connectivity index (χ0) is 13.3. The number of carboxylic acid groups (broad SMARTS) is 1. The zero-order valence-electron chi connectivity index (χ0n) is 9.94. The van der Waals surface area contributed by atoms with Crippen LogP contribution in [0.4, 0.5) is 0 Å². The van der Waals surface area contributed by atoms with Crippen molar-refractivity contribution in [2.45, 2.75) is 30.7 Å². The van der Waals surface area contributed by atoms with Crippen molar-refractivity contribution in [3.05, 3.63) is 28.7 Å². The SMILES string of the molecule is C=C(Cl)CSc1nc(C2CC2)nc(C)c1C(=O)O. The van der Waals surface area contributed by atoms with Gasteiger partial charge in [0.15, 0.2) is 0 Å². The van der Waals surface area contributed by atoms with Gasteiger partial charge in [-0.1, -0.05) is 29.9 Å². The van der Waals surface area contributed by atoms with Crippen LogP contribution >= 0.6 is 23.4 Å². The predicted molar refractivity (Wildman–Crippen MR) is 71.4 cm³/mol. The Hall–Kier alpha value is -1.07. The molecule has 0 aliphatic heterocycles. The highest BCUT2D eigenvalue weighted by Crippen LogP contribution is 2.39. The number of rotatable bonds is 5. The number of aromatic nitrogens is 2. The molecule has 0 amide bonds. The summed E-state index contributed by atoms with van der Waals surface area (Å²) >= 11 is 7.00. The Morgan fingerprint density at radius 1 is 1.56 bits per heavy atom. The van der Waals surface area contributed by atoms with Crippen molar-refractivity contribution < 1.29 is 9.90 Å². The van der Waals surface area contributed by atoms with E-state index < -0.39 is 5.97 Å². The number of hydrogen-bond acceptors (Lipinski definition) is 4. The highest BCUT2D eigenvalue weighted by Gasteiger charge is 2.29. The topological polar surface area (TPSA) is 63.1 Å². The molecule has 96 valence electrons. The van der Waals surface area contributed by atoms with Crippen LogP contribution in [0, 0.1) is 6.92 Å². The van der Waals surface area contributed by atoms with E-state index in [2.05, 4.69) is 16.5 Å². The van der Waals surface area contributed by atoms with Gasteiger partial charge in [-0.05, 0) is 19.8 Å². The van der Waals surface area contributed by atoms with Gasteiger partial charge in [0.25, 0.3) is 0 Å². The molecule has 6 heteroatoms. The van der Waals surface area contributed by atoms with Gasteiger partial charge < -0.3 is 5.11 Å². The van der Waals surface area contributed by atoms with Crippen LogP contribution in [-0.2, 0) is 0 Å². The fourth-order valence-electron chi connectivity index (χ4n) is 1.59. The Labute approximate surface area is 114 Å². The van der Waals surface area contributed by atoms with Crippen molar-refractivity contribution in [3.8, 4) is 0 Å². The number of nitrogens with zero attached hydrogens (tertiary/aromatic N) is 2. The van der Waals surface area contributed by atoms with Gasteiger partial charge in [-0.15, -0.1) is 0 Å². The summed E-state index contributed by atoms with van der Waals surface area (Å²) in [6.45, 7) is 5.30. The number of halogens is 1. The minimum absolute atomic E-state index is 0.169. The standard InChI is InChI=1S/C12H13ClN2O2S/c1-6(13)5-18-11-9(12(16)17)7(2)14-10(15-11)8-3-4-8/h8H,1,3-5H2,2H3,(H,16,17). The number of aromatic carboxylic acids is 1. The molecule has 1 aliphatic rings. The van der Waals surface area contributed by atoms with Gasteiger partial charge in [-0.3, -0.25) is 0 Å². The number of aryl methyl sites for hydroxylation is 1. The molecule has 0 radical (unpaired) electrons. The molecule has 4 nitrogen and oxygen atoms in total. The van der Waals surface area contributed by atoms with E-state index in [-0.39, 0.29) is 5.56 Å². The highest BCUT2D eigenvalue weighted by atomic mass is 35.5. The predicted octanol–water partition coefficient (Wildman–Crippen LogP) is 3.21. The molecule has 0 unspecified atom stereocenters. The first-order valence-corrected chi connectivity index (χ1v) is 6.93. The summed E-state index contributed by atoms with van der Waals surface area (Å²) in [5.74, 6) is 0.588. The minimum Gasteiger partial charge on any atom is -0.478 e. The largest absolute Gasteiger partial charge is 0.478 e. The highest BCUT2D eigenvalue weighted by molar-refractivity contribution is 7.99. The molecule has 1 aromatic heterocycles. The van der Waals surface area contributed by atoms with Crippen LogP contribution in [0.5, 0.6) is 0 Å². The second-order valence-electron chi connectivity index (χ2n) is 4.23. The van der Waals surface area contributed by atoms with Gasteiger partial charge in [0.2, 0.25) is 0 Å². The van der Waals surface area contributed by atoms with Crippen molar-refractivity contribution in [3.63, 3.8) is 0 Å². The molecule has 0 aromatic carbocycles. The quantitative estimate of drug-likeness (QED) is 0.664. The number of thioether (sulfide) groups is 1. The Balaban J connectivity index is 2.37. The van der Waals surface area contributed by atoms with Crippen molar-refractivity contribution >= 4 is 29.3 Å². The summed E-state index contributed by atoms with van der Waals surface area (Å²) < 4.78 is 0. The van der Waals surface area contributed by atoms with E-state index in [0.29, 0.717) is 27.4 Å². The maximum absolute atomic E-state index is 11.2. The van der Waals surface area contributed by atoms with E-state index in [4.69, 9.17) is 11.6 Å². The van der Waals surface area contributed by atoms with Gasteiger partial charge in [-0.25, -0.2) is 14.8 Å². The molecule has 1 aromatic rings. The summed E-state index contributed by atoms with van der Waals surface area (Å²) in [7, 11) is 0. The van der Waals surface area contributed by atoms with Crippen molar-refractivity contribution in [1.29, 1.82) is 0 Å². The fourth-order valence-corrected chi connectivity index (χ4v) is 2.58. The summed E-state index contributed by atoms with van der Waals surface area (Å²) in [5, 5.41) is 10.2. The third-order valence-corrected chi connectivity index (χ3v) is 3.95. The lowest BCUT2D eigenvalue weighted by Gasteiger charge is -2.09. The Bertz CT molecular complexity index is 515. The van der Waals surface area contributed by atoms with E-state index in [9.17, 15) is 9.90 Å². The van der Waals surface area contributed by atoms with Crippen LogP contribution in [0.15, 0.2) is 16.6 Å². The maximum atomic E-state index is 11.2. The zero-order valence-corrected chi connectivity index (χ0v) is 11.5. The van der Waals surface area contributed by atoms with Crippen LogP contribution in [0.2, 0.25) is 0 Å². The van der Waals surface area contributed by atoms with Gasteiger partial charge >= 0.3 is 5.97 Å². The van der Waals surface area contributed by atoms with Gasteiger partial charge in [0, 0.05) is 16.7 Å². The van der Waals surface area contributed by atoms with Gasteiger partial charge in [-0.2, -0.15) is 0 Å². The Kier molecular flexibility index (Phi) is 3.92. The molecule has 0 saturated heterocycles. The molecular formula is C12H13ClN2O2S. The molecule has 1 heterocycles. The molecule has 0 atom stereocenters. The molecule has 1 N–H and O–H groups in total. The summed E-state index contributed by atoms with van der Waals surface area (Å²) in [6.07, 6.45) is 2.16. The summed E-state index contributed by atoms with van der Waals surface area (Å²) in [6, 6.07) is 0. The molecule has 1 aliphatic carbocycles. The molecule has 18 heavy (non-hydrogen) atoms. The first-order valence-electron chi connectivity index (χ1n) is 5.57. The summed E-state index contributed by atoms with van der Waals surface area (Å²) in [5.41, 5.74) is 0.685. The van der Waals surface area contributed by atoms with Gasteiger partial charge in [0.05, 0.1) is 5.69 Å². The number of carboxylic acids is 1. The van der Waals surface area contributed by atoms with E-state index in [1.54, 1.807) is 6.92 Å². The first kappa shape index (κ1) is 13.4. The second kappa shape index (κ2) is 5.28. The van der Waals surface area contributed by atoms with Crippen molar-refractivity contribution in [2.75, 3.05) is 5.75 Å². The molecular weight excluding hydrogens is 272 g/mol. The monoisotopic (exact) mass is 284 g/mol. The number of carbonyl (C=O) groups is 1. The normalized spacial score (nSPS) is 14.6. The van der Waals surface area contributed by atoms with E-state index in [1.165, 1.54) is 11.8 Å². The van der Waals surface area contributed by atoms with Crippen LogP contribution in [-0.4, -0.2) is 26.8 Å². The van der Waals surface area contributed by atoms with Crippen LogP contribution in [0.25, 0.3) is 0 Å². The van der Waals surface area contributed by atoms with Crippen LogP contribution in [0.1, 0.15) is 40.6 Å². The molecule has 1 fully saturated rings. The average Bonchev–Trinajstić information content (AvgIpc) is 3.08.